The third-order valence-corrected chi connectivity index (χ3v) is 6.62. The number of aromatic amines is 1. The lowest BCUT2D eigenvalue weighted by Gasteiger charge is -2.34. The maximum atomic E-state index is 12.7. The monoisotopic (exact) mass is 376 g/mol. The van der Waals surface area contributed by atoms with Gasteiger partial charge in [-0.05, 0) is 18.9 Å². The fraction of sp³-hybridized carbons (Fsp3) is 0.500. The number of rotatable bonds is 2. The van der Waals surface area contributed by atoms with Crippen molar-refractivity contribution >= 4 is 27.0 Å². The molecule has 2 aliphatic heterocycles. The van der Waals surface area contributed by atoms with Crippen molar-refractivity contribution in [2.24, 2.45) is 0 Å². The van der Waals surface area contributed by atoms with Crippen molar-refractivity contribution in [1.82, 2.24) is 19.5 Å². The quantitative estimate of drug-likeness (QED) is 0.836. The molecule has 1 atom stereocenters. The summed E-state index contributed by atoms with van der Waals surface area (Å²) in [4.78, 5) is 18.0. The Morgan fingerprint density at radius 1 is 1.27 bits per heavy atom. The topological polar surface area (TPSA) is 85.5 Å². The first kappa shape index (κ1) is 17.4. The van der Waals surface area contributed by atoms with E-state index in [-0.39, 0.29) is 12.1 Å². The van der Waals surface area contributed by atoms with E-state index in [9.17, 15) is 13.2 Å². The Morgan fingerprint density at radius 3 is 2.88 bits per heavy atom. The molecule has 1 fully saturated rings. The van der Waals surface area contributed by atoms with E-state index >= 15 is 0 Å². The van der Waals surface area contributed by atoms with Gasteiger partial charge in [-0.2, -0.15) is 0 Å². The van der Waals surface area contributed by atoms with Crippen molar-refractivity contribution in [1.29, 1.82) is 0 Å². The molecule has 0 saturated carbocycles. The Morgan fingerprint density at radius 2 is 2.08 bits per heavy atom. The molecular formula is C18H24N4O3S. The number of nitrogens with zero attached hydrogens (tertiary/aromatic N) is 2. The number of sulfonamides is 1. The standard InChI is InChI=1S/C18H24N4O3S/c1-26(24,25)22-9-4-5-13(11-22)19-18(23)21-10-8-17-15(12-21)14-6-2-3-7-16(14)20-17/h2-3,6-7,13,20H,4-5,8-12H2,1H3,(H,19,23). The van der Waals surface area contributed by atoms with Crippen LogP contribution in [0.1, 0.15) is 24.1 Å². The summed E-state index contributed by atoms with van der Waals surface area (Å²) in [6, 6.07) is 7.91. The van der Waals surface area contributed by atoms with Crippen LogP contribution in [-0.4, -0.2) is 60.6 Å². The van der Waals surface area contributed by atoms with E-state index in [1.54, 1.807) is 0 Å². The molecule has 0 spiro atoms. The number of hydrogen-bond acceptors (Lipinski definition) is 3. The van der Waals surface area contributed by atoms with Gasteiger partial charge in [0.05, 0.1) is 6.26 Å². The predicted octanol–water partition coefficient (Wildman–Crippen LogP) is 1.66. The molecule has 1 saturated heterocycles. The lowest BCUT2D eigenvalue weighted by Crippen LogP contribution is -2.53. The Labute approximate surface area is 153 Å². The molecule has 1 unspecified atom stereocenters. The van der Waals surface area contributed by atoms with Crippen molar-refractivity contribution in [3.8, 4) is 0 Å². The normalized spacial score (nSPS) is 21.6. The van der Waals surface area contributed by atoms with Crippen molar-refractivity contribution in [2.75, 3.05) is 25.9 Å². The molecule has 0 aliphatic carbocycles. The van der Waals surface area contributed by atoms with E-state index in [1.807, 2.05) is 17.0 Å². The molecule has 140 valence electrons. The molecule has 1 aromatic carbocycles. The van der Waals surface area contributed by atoms with E-state index in [1.165, 1.54) is 27.2 Å². The average Bonchev–Trinajstić information content (AvgIpc) is 2.99. The highest BCUT2D eigenvalue weighted by molar-refractivity contribution is 7.88. The molecular weight excluding hydrogens is 352 g/mol. The Hall–Kier alpha value is -2.06. The van der Waals surface area contributed by atoms with Crippen LogP contribution in [0, 0.1) is 0 Å². The molecule has 1 aromatic heterocycles. The lowest BCUT2D eigenvalue weighted by molar-refractivity contribution is 0.181. The number of benzene rings is 1. The maximum Gasteiger partial charge on any atom is 0.317 e. The van der Waals surface area contributed by atoms with Gasteiger partial charge in [-0.25, -0.2) is 17.5 Å². The van der Waals surface area contributed by atoms with E-state index in [4.69, 9.17) is 0 Å². The third-order valence-electron chi connectivity index (χ3n) is 5.35. The lowest BCUT2D eigenvalue weighted by atomic mass is 10.0. The van der Waals surface area contributed by atoms with Gasteiger partial charge in [0.25, 0.3) is 0 Å². The highest BCUT2D eigenvalue weighted by atomic mass is 32.2. The van der Waals surface area contributed by atoms with E-state index < -0.39 is 10.0 Å². The summed E-state index contributed by atoms with van der Waals surface area (Å²) in [6.45, 7) is 2.13. The number of amides is 2. The first-order chi connectivity index (χ1) is 12.4. The van der Waals surface area contributed by atoms with Crippen molar-refractivity contribution < 1.29 is 13.2 Å². The van der Waals surface area contributed by atoms with Gasteiger partial charge in [-0.1, -0.05) is 18.2 Å². The van der Waals surface area contributed by atoms with Crippen LogP contribution in [-0.2, 0) is 23.0 Å². The van der Waals surface area contributed by atoms with Gasteiger partial charge in [-0.15, -0.1) is 0 Å². The van der Waals surface area contributed by atoms with Gasteiger partial charge in [0.15, 0.2) is 0 Å². The Bertz CT molecular complexity index is 937. The summed E-state index contributed by atoms with van der Waals surface area (Å²) < 4.78 is 25.0. The number of fused-ring (bicyclic) bond motifs is 3. The summed E-state index contributed by atoms with van der Waals surface area (Å²) in [5.74, 6) is 0. The molecule has 4 rings (SSSR count). The molecule has 26 heavy (non-hydrogen) atoms. The molecule has 8 heteroatoms. The van der Waals surface area contributed by atoms with Crippen LogP contribution in [0.5, 0.6) is 0 Å². The average molecular weight is 376 g/mol. The van der Waals surface area contributed by atoms with Gasteiger partial charge in [0.2, 0.25) is 10.0 Å². The number of piperidine rings is 1. The predicted molar refractivity (Wildman–Crippen MR) is 100 cm³/mol. The van der Waals surface area contributed by atoms with Gasteiger partial charge in [0, 0.05) is 60.8 Å². The molecule has 3 heterocycles. The third kappa shape index (κ3) is 3.31. The van der Waals surface area contributed by atoms with Crippen LogP contribution in [0.15, 0.2) is 24.3 Å². The van der Waals surface area contributed by atoms with E-state index in [0.717, 1.165) is 24.8 Å². The number of nitrogens with one attached hydrogen (secondary N) is 2. The summed E-state index contributed by atoms with van der Waals surface area (Å²) in [7, 11) is -3.21. The SMILES string of the molecule is CS(=O)(=O)N1CCCC(NC(=O)N2CCc3[nH]c4ccccc4c3C2)C1. The Balaban J connectivity index is 1.45. The van der Waals surface area contributed by atoms with Gasteiger partial charge >= 0.3 is 6.03 Å². The fourth-order valence-corrected chi connectivity index (χ4v) is 4.88. The van der Waals surface area contributed by atoms with Crippen LogP contribution < -0.4 is 5.32 Å². The minimum absolute atomic E-state index is 0.110. The molecule has 0 bridgehead atoms. The highest BCUT2D eigenvalue weighted by Gasteiger charge is 2.29. The molecule has 2 aliphatic rings. The second kappa shape index (κ2) is 6.59. The van der Waals surface area contributed by atoms with Gasteiger partial charge in [-0.3, -0.25) is 0 Å². The van der Waals surface area contributed by atoms with Crippen LogP contribution in [0.2, 0.25) is 0 Å². The second-order valence-electron chi connectivity index (χ2n) is 7.21. The number of carbonyl (C=O) groups is 1. The summed E-state index contributed by atoms with van der Waals surface area (Å²) in [5.41, 5.74) is 3.50. The van der Waals surface area contributed by atoms with Crippen LogP contribution >= 0.6 is 0 Å². The molecule has 2 amide bonds. The van der Waals surface area contributed by atoms with Crippen molar-refractivity contribution in [3.63, 3.8) is 0 Å². The minimum Gasteiger partial charge on any atom is -0.358 e. The number of aromatic nitrogens is 1. The minimum atomic E-state index is -3.21. The van der Waals surface area contributed by atoms with E-state index in [2.05, 4.69) is 22.4 Å². The fourth-order valence-electron chi connectivity index (χ4n) is 3.97. The van der Waals surface area contributed by atoms with Crippen LogP contribution in [0.4, 0.5) is 4.79 Å². The first-order valence-electron chi connectivity index (χ1n) is 9.01. The zero-order chi connectivity index (χ0) is 18.3. The Kier molecular flexibility index (Phi) is 4.40. The number of urea groups is 1. The number of H-pyrrole nitrogens is 1. The smallest absolute Gasteiger partial charge is 0.317 e. The van der Waals surface area contributed by atoms with Gasteiger partial charge < -0.3 is 15.2 Å². The van der Waals surface area contributed by atoms with Crippen molar-refractivity contribution in [2.45, 2.75) is 31.8 Å². The summed E-state index contributed by atoms with van der Waals surface area (Å²) in [6.07, 6.45) is 3.60. The van der Waals surface area contributed by atoms with Gasteiger partial charge in [0.1, 0.15) is 0 Å². The summed E-state index contributed by atoms with van der Waals surface area (Å²) >= 11 is 0. The molecule has 2 aromatic rings. The highest BCUT2D eigenvalue weighted by Crippen LogP contribution is 2.27. The van der Waals surface area contributed by atoms with Crippen molar-refractivity contribution in [3.05, 3.63) is 35.5 Å². The number of hydrogen-bond donors (Lipinski definition) is 2. The van der Waals surface area contributed by atoms with Crippen LogP contribution in [0.25, 0.3) is 10.9 Å². The number of carbonyl (C=O) groups excluding carboxylic acids is 1. The molecule has 7 nitrogen and oxygen atoms in total. The molecule has 0 radical (unpaired) electrons. The second-order valence-corrected chi connectivity index (χ2v) is 9.19. The molecule has 2 N–H and O–H groups in total. The number of para-hydroxylation sites is 1. The maximum absolute atomic E-state index is 12.7. The van der Waals surface area contributed by atoms with Crippen LogP contribution in [0.3, 0.4) is 0 Å². The largest absolute Gasteiger partial charge is 0.358 e. The summed E-state index contributed by atoms with van der Waals surface area (Å²) in [5, 5.41) is 4.20. The zero-order valence-electron chi connectivity index (χ0n) is 14.9. The first-order valence-corrected chi connectivity index (χ1v) is 10.9. The zero-order valence-corrected chi connectivity index (χ0v) is 15.7. The van der Waals surface area contributed by atoms with E-state index in [0.29, 0.717) is 26.2 Å².